The summed E-state index contributed by atoms with van der Waals surface area (Å²) in [5.74, 6) is -1.67. The van der Waals surface area contributed by atoms with Crippen LogP contribution in [0, 0.1) is 13.8 Å². The zero-order chi connectivity index (χ0) is 20.8. The maximum absolute atomic E-state index is 11.9. The highest BCUT2D eigenvalue weighted by Crippen LogP contribution is 2.18. The molecule has 1 aliphatic heterocycles. The molecule has 0 bridgehead atoms. The average molecular weight is 382 g/mol. The molecule has 1 aliphatic rings. The number of aryl methyl sites for hydroxylation is 2. The third-order valence-corrected chi connectivity index (χ3v) is 3.35. The number of nitrogens with one attached hydrogen (secondary N) is 4. The molecule has 9 nitrogen and oxygen atoms in total. The van der Waals surface area contributed by atoms with Gasteiger partial charge < -0.3 is 31.5 Å². The van der Waals surface area contributed by atoms with Gasteiger partial charge in [0.2, 0.25) is 0 Å². The normalized spacial score (nSPS) is 15.2. The summed E-state index contributed by atoms with van der Waals surface area (Å²) in [6, 6.07) is 6.14. The number of carbonyl (C=O) groups is 3. The second kappa shape index (κ2) is 13.5. The minimum Gasteiger partial charge on any atom is -0.481 e. The lowest BCUT2D eigenvalue weighted by molar-refractivity contribution is -0.135. The van der Waals surface area contributed by atoms with Gasteiger partial charge in [-0.2, -0.15) is 0 Å². The number of para-hydroxylation sites is 1. The molecule has 1 heterocycles. The van der Waals surface area contributed by atoms with Gasteiger partial charge in [-0.25, -0.2) is 4.79 Å². The van der Waals surface area contributed by atoms with E-state index in [-0.39, 0.29) is 6.03 Å². The van der Waals surface area contributed by atoms with E-state index >= 15 is 0 Å². The molecule has 9 heteroatoms. The Balaban J connectivity index is 0.000000718. The summed E-state index contributed by atoms with van der Waals surface area (Å²) in [6.07, 6.45) is 0. The molecule has 1 aromatic carbocycles. The Kier molecular flexibility index (Phi) is 12.2. The van der Waals surface area contributed by atoms with Crippen LogP contribution in [-0.4, -0.2) is 60.4 Å². The van der Waals surface area contributed by atoms with Gasteiger partial charge in [-0.15, -0.1) is 0 Å². The number of carboxylic acid groups (broad SMARTS) is 2. The lowest BCUT2D eigenvalue weighted by Gasteiger charge is -2.24. The molecule has 2 amide bonds. The van der Waals surface area contributed by atoms with Crippen LogP contribution < -0.4 is 21.3 Å². The van der Waals surface area contributed by atoms with Gasteiger partial charge in [-0.05, 0) is 25.0 Å². The fourth-order valence-corrected chi connectivity index (χ4v) is 2.24. The van der Waals surface area contributed by atoms with E-state index in [0.717, 1.165) is 50.3 Å². The van der Waals surface area contributed by atoms with E-state index in [1.54, 1.807) is 0 Å². The Morgan fingerprint density at radius 1 is 1.07 bits per heavy atom. The van der Waals surface area contributed by atoms with Crippen molar-refractivity contribution in [3.63, 3.8) is 0 Å². The van der Waals surface area contributed by atoms with Gasteiger partial charge in [0, 0.05) is 51.8 Å². The first-order valence-electron chi connectivity index (χ1n) is 8.57. The van der Waals surface area contributed by atoms with Gasteiger partial charge in [-0.1, -0.05) is 18.2 Å². The SMILES string of the molecule is CC(=O)O.CC(=O)O.Cc1cccc(C)c1NC(=O)NCC1CNCCN1. The predicted molar refractivity (Wildman–Crippen MR) is 104 cm³/mol. The van der Waals surface area contributed by atoms with Crippen LogP contribution in [0.4, 0.5) is 10.5 Å². The Bertz CT molecular complexity index is 576. The standard InChI is InChI=1S/C14H22N4O.2C2H4O2/c1-10-4-3-5-11(2)13(10)18-14(19)17-9-12-8-15-6-7-16-12;2*1-2(3)4/h3-5,12,15-16H,6-9H2,1-2H3,(H2,17,18,19);2*1H3,(H,3,4). The van der Waals surface area contributed by atoms with Crippen LogP contribution in [0.25, 0.3) is 0 Å². The summed E-state index contributed by atoms with van der Waals surface area (Å²) in [7, 11) is 0. The molecule has 1 saturated heterocycles. The van der Waals surface area contributed by atoms with Crippen LogP contribution in [0.15, 0.2) is 18.2 Å². The van der Waals surface area contributed by atoms with Crippen LogP contribution >= 0.6 is 0 Å². The zero-order valence-electron chi connectivity index (χ0n) is 16.3. The van der Waals surface area contributed by atoms with Crippen molar-refractivity contribution in [1.82, 2.24) is 16.0 Å². The molecule has 1 fully saturated rings. The zero-order valence-corrected chi connectivity index (χ0v) is 16.3. The maximum Gasteiger partial charge on any atom is 0.319 e. The molecule has 0 saturated carbocycles. The van der Waals surface area contributed by atoms with Crippen LogP contribution in [0.5, 0.6) is 0 Å². The molecule has 6 N–H and O–H groups in total. The molecular formula is C18H30N4O5. The monoisotopic (exact) mass is 382 g/mol. The summed E-state index contributed by atoms with van der Waals surface area (Å²) in [5.41, 5.74) is 3.05. The first kappa shape index (κ1) is 24.4. The number of anilines is 1. The fraction of sp³-hybridized carbons (Fsp3) is 0.500. The fourth-order valence-electron chi connectivity index (χ4n) is 2.24. The Morgan fingerprint density at radius 2 is 1.59 bits per heavy atom. The number of rotatable bonds is 3. The molecule has 0 aliphatic carbocycles. The number of carboxylic acids is 2. The van der Waals surface area contributed by atoms with Gasteiger partial charge >= 0.3 is 6.03 Å². The summed E-state index contributed by atoms with van der Waals surface area (Å²) in [6.45, 7) is 9.62. The Hall–Kier alpha value is -2.65. The number of hydrogen-bond acceptors (Lipinski definition) is 5. The lowest BCUT2D eigenvalue weighted by atomic mass is 10.1. The molecule has 1 unspecified atom stereocenters. The third-order valence-electron chi connectivity index (χ3n) is 3.35. The van der Waals surface area contributed by atoms with E-state index < -0.39 is 11.9 Å². The van der Waals surface area contributed by atoms with E-state index in [0.29, 0.717) is 12.6 Å². The second-order valence-corrected chi connectivity index (χ2v) is 6.00. The van der Waals surface area contributed by atoms with Crippen LogP contribution in [-0.2, 0) is 9.59 Å². The molecule has 0 aromatic heterocycles. The summed E-state index contributed by atoms with van der Waals surface area (Å²) < 4.78 is 0. The van der Waals surface area contributed by atoms with Crippen molar-refractivity contribution in [2.24, 2.45) is 0 Å². The predicted octanol–water partition coefficient (Wildman–Crippen LogP) is 1.17. The topological polar surface area (TPSA) is 140 Å². The average Bonchev–Trinajstić information content (AvgIpc) is 2.56. The number of hydrogen-bond donors (Lipinski definition) is 6. The van der Waals surface area contributed by atoms with Crippen molar-refractivity contribution in [1.29, 1.82) is 0 Å². The third kappa shape index (κ3) is 13.2. The van der Waals surface area contributed by atoms with Gasteiger partial charge in [0.15, 0.2) is 0 Å². The molecule has 0 spiro atoms. The largest absolute Gasteiger partial charge is 0.481 e. The van der Waals surface area contributed by atoms with Crippen LogP contribution in [0.2, 0.25) is 0 Å². The van der Waals surface area contributed by atoms with Gasteiger partial charge in [0.25, 0.3) is 11.9 Å². The van der Waals surface area contributed by atoms with Crippen LogP contribution in [0.3, 0.4) is 0 Å². The van der Waals surface area contributed by atoms with Crippen molar-refractivity contribution < 1.29 is 24.6 Å². The van der Waals surface area contributed by atoms with Crippen molar-refractivity contribution >= 4 is 23.7 Å². The summed E-state index contributed by atoms with van der Waals surface area (Å²) in [4.78, 5) is 29.9. The van der Waals surface area contributed by atoms with Crippen molar-refractivity contribution in [3.05, 3.63) is 29.3 Å². The lowest BCUT2D eigenvalue weighted by Crippen LogP contribution is -2.53. The van der Waals surface area contributed by atoms with Crippen molar-refractivity contribution in [2.75, 3.05) is 31.5 Å². The molecule has 27 heavy (non-hydrogen) atoms. The number of piperazine rings is 1. The molecule has 1 aromatic rings. The summed E-state index contributed by atoms with van der Waals surface area (Å²) >= 11 is 0. The number of aliphatic carboxylic acids is 2. The van der Waals surface area contributed by atoms with Gasteiger partial charge in [-0.3, -0.25) is 9.59 Å². The van der Waals surface area contributed by atoms with E-state index in [9.17, 15) is 4.79 Å². The highest BCUT2D eigenvalue weighted by Gasteiger charge is 2.13. The Morgan fingerprint density at radius 3 is 2.04 bits per heavy atom. The van der Waals surface area contributed by atoms with E-state index in [4.69, 9.17) is 19.8 Å². The summed E-state index contributed by atoms with van der Waals surface area (Å²) in [5, 5.41) is 27.3. The molecule has 2 rings (SSSR count). The van der Waals surface area contributed by atoms with Gasteiger partial charge in [0.05, 0.1) is 0 Å². The molecule has 0 radical (unpaired) electrons. The maximum atomic E-state index is 11.9. The molecule has 1 atom stereocenters. The number of carbonyl (C=O) groups excluding carboxylic acids is 1. The quantitative estimate of drug-likeness (QED) is 0.461. The van der Waals surface area contributed by atoms with E-state index in [2.05, 4.69) is 21.3 Å². The minimum atomic E-state index is -0.833. The van der Waals surface area contributed by atoms with Gasteiger partial charge in [0.1, 0.15) is 0 Å². The smallest absolute Gasteiger partial charge is 0.319 e. The number of urea groups is 1. The second-order valence-electron chi connectivity index (χ2n) is 6.00. The number of benzene rings is 1. The highest BCUT2D eigenvalue weighted by molar-refractivity contribution is 5.91. The van der Waals surface area contributed by atoms with Crippen molar-refractivity contribution in [2.45, 2.75) is 33.7 Å². The van der Waals surface area contributed by atoms with E-state index in [1.165, 1.54) is 0 Å². The van der Waals surface area contributed by atoms with Crippen LogP contribution in [0.1, 0.15) is 25.0 Å². The first-order valence-corrected chi connectivity index (χ1v) is 8.57. The highest BCUT2D eigenvalue weighted by atomic mass is 16.4. The number of amides is 2. The first-order chi connectivity index (χ1) is 12.6. The molecular weight excluding hydrogens is 352 g/mol. The minimum absolute atomic E-state index is 0.148. The molecule has 152 valence electrons. The Labute approximate surface area is 159 Å². The van der Waals surface area contributed by atoms with E-state index in [1.807, 2.05) is 32.0 Å². The van der Waals surface area contributed by atoms with Crippen molar-refractivity contribution in [3.8, 4) is 0 Å².